The molecule has 3 nitrogen and oxygen atoms in total. The zero-order chi connectivity index (χ0) is 14.7. The quantitative estimate of drug-likeness (QED) is 0.825. The van der Waals surface area contributed by atoms with Crippen LogP contribution in [0.1, 0.15) is 38.5 Å². The highest BCUT2D eigenvalue weighted by Gasteiger charge is 2.40. The highest BCUT2D eigenvalue weighted by Crippen LogP contribution is 2.49. The Morgan fingerprint density at radius 1 is 1.24 bits per heavy atom. The van der Waals surface area contributed by atoms with Crippen molar-refractivity contribution in [2.45, 2.75) is 38.5 Å². The maximum Gasteiger partial charge on any atom is 0.227 e. The summed E-state index contributed by atoms with van der Waals surface area (Å²) in [5.41, 5.74) is 0.918. The van der Waals surface area contributed by atoms with Gasteiger partial charge in [-0.2, -0.15) is 5.26 Å². The average Bonchev–Trinajstić information content (AvgIpc) is 3.11. The molecule has 3 rings (SSSR count). The minimum Gasteiger partial charge on any atom is -0.311 e. The van der Waals surface area contributed by atoms with Crippen molar-refractivity contribution in [3.8, 4) is 6.07 Å². The highest BCUT2D eigenvalue weighted by molar-refractivity contribution is 5.93. The molecule has 110 valence electrons. The van der Waals surface area contributed by atoms with Gasteiger partial charge in [0.2, 0.25) is 5.91 Å². The summed E-state index contributed by atoms with van der Waals surface area (Å²) in [6.45, 7) is 0.500. The van der Waals surface area contributed by atoms with E-state index < -0.39 is 0 Å². The van der Waals surface area contributed by atoms with Crippen molar-refractivity contribution < 1.29 is 4.79 Å². The lowest BCUT2D eigenvalue weighted by molar-refractivity contribution is -0.119. The Balaban J connectivity index is 1.68. The molecule has 1 aromatic rings. The first kappa shape index (κ1) is 14.1. The SMILES string of the molecule is N#CCCN(C(=O)CC1CC2CCC1C2)c1ccccc1. The Morgan fingerprint density at radius 2 is 2.05 bits per heavy atom. The number of hydrogen-bond donors (Lipinski definition) is 0. The van der Waals surface area contributed by atoms with Crippen molar-refractivity contribution in [2.75, 3.05) is 11.4 Å². The van der Waals surface area contributed by atoms with Crippen LogP contribution in [0.2, 0.25) is 0 Å². The lowest BCUT2D eigenvalue weighted by Gasteiger charge is -2.26. The number of nitriles is 1. The third-order valence-electron chi connectivity index (χ3n) is 5.14. The van der Waals surface area contributed by atoms with Gasteiger partial charge in [-0.1, -0.05) is 24.6 Å². The van der Waals surface area contributed by atoms with Crippen molar-refractivity contribution in [2.24, 2.45) is 17.8 Å². The number of carbonyl (C=O) groups is 1. The van der Waals surface area contributed by atoms with Gasteiger partial charge in [-0.15, -0.1) is 0 Å². The summed E-state index contributed by atoms with van der Waals surface area (Å²) in [6.07, 6.45) is 6.29. The van der Waals surface area contributed by atoms with E-state index in [4.69, 9.17) is 5.26 Å². The third kappa shape index (κ3) is 3.10. The number of carbonyl (C=O) groups excluding carboxylic acids is 1. The first-order valence-corrected chi connectivity index (χ1v) is 8.00. The van der Waals surface area contributed by atoms with Crippen molar-refractivity contribution in [3.63, 3.8) is 0 Å². The van der Waals surface area contributed by atoms with Gasteiger partial charge in [0, 0.05) is 18.7 Å². The van der Waals surface area contributed by atoms with E-state index in [1.807, 2.05) is 30.3 Å². The Kier molecular flexibility index (Phi) is 4.24. The molecule has 1 aromatic carbocycles. The van der Waals surface area contributed by atoms with E-state index in [0.717, 1.165) is 17.5 Å². The molecule has 21 heavy (non-hydrogen) atoms. The zero-order valence-electron chi connectivity index (χ0n) is 12.4. The summed E-state index contributed by atoms with van der Waals surface area (Å²) >= 11 is 0. The van der Waals surface area contributed by atoms with E-state index >= 15 is 0 Å². The molecule has 2 fully saturated rings. The van der Waals surface area contributed by atoms with Crippen LogP contribution in [0, 0.1) is 29.1 Å². The number of benzene rings is 1. The lowest BCUT2D eigenvalue weighted by Crippen LogP contribution is -2.34. The number of nitrogens with zero attached hydrogens (tertiary/aromatic N) is 2. The van der Waals surface area contributed by atoms with Gasteiger partial charge in [0.05, 0.1) is 12.5 Å². The monoisotopic (exact) mass is 282 g/mol. The first-order valence-electron chi connectivity index (χ1n) is 8.00. The number of hydrogen-bond acceptors (Lipinski definition) is 2. The third-order valence-corrected chi connectivity index (χ3v) is 5.14. The molecule has 0 radical (unpaired) electrons. The highest BCUT2D eigenvalue weighted by atomic mass is 16.2. The van der Waals surface area contributed by atoms with Crippen molar-refractivity contribution in [3.05, 3.63) is 30.3 Å². The zero-order valence-corrected chi connectivity index (χ0v) is 12.4. The minimum atomic E-state index is 0.189. The largest absolute Gasteiger partial charge is 0.311 e. The summed E-state index contributed by atoms with van der Waals surface area (Å²) in [5.74, 6) is 2.41. The van der Waals surface area contributed by atoms with Crippen LogP contribution in [0.5, 0.6) is 0 Å². The molecule has 2 bridgehead atoms. The summed E-state index contributed by atoms with van der Waals surface area (Å²) in [6, 6.07) is 11.9. The molecule has 2 aliphatic carbocycles. The number of fused-ring (bicyclic) bond motifs is 2. The normalized spacial score (nSPS) is 26.5. The predicted octanol–water partition coefficient (Wildman–Crippen LogP) is 3.76. The van der Waals surface area contributed by atoms with Crippen LogP contribution in [-0.2, 0) is 4.79 Å². The van der Waals surface area contributed by atoms with Gasteiger partial charge in [0.1, 0.15) is 0 Å². The van der Waals surface area contributed by atoms with Gasteiger partial charge in [-0.25, -0.2) is 0 Å². The topological polar surface area (TPSA) is 44.1 Å². The van der Waals surface area contributed by atoms with Crippen molar-refractivity contribution >= 4 is 11.6 Å². The second-order valence-corrected chi connectivity index (χ2v) is 6.43. The van der Waals surface area contributed by atoms with E-state index in [0.29, 0.717) is 25.3 Å². The van der Waals surface area contributed by atoms with Crippen LogP contribution in [0.15, 0.2) is 30.3 Å². The lowest BCUT2D eigenvalue weighted by atomic mass is 9.86. The molecule has 0 saturated heterocycles. The second-order valence-electron chi connectivity index (χ2n) is 6.43. The van der Waals surface area contributed by atoms with Crippen LogP contribution >= 0.6 is 0 Å². The molecule has 0 N–H and O–H groups in total. The van der Waals surface area contributed by atoms with Crippen molar-refractivity contribution in [1.82, 2.24) is 0 Å². The summed E-state index contributed by atoms with van der Waals surface area (Å²) in [4.78, 5) is 14.5. The van der Waals surface area contributed by atoms with Crippen LogP contribution in [0.25, 0.3) is 0 Å². The summed E-state index contributed by atoms with van der Waals surface area (Å²) in [5, 5.41) is 8.83. The van der Waals surface area contributed by atoms with Crippen LogP contribution in [0.3, 0.4) is 0 Å². The molecule has 3 unspecified atom stereocenters. The number of para-hydroxylation sites is 1. The van der Waals surface area contributed by atoms with Crippen molar-refractivity contribution in [1.29, 1.82) is 5.26 Å². The number of rotatable bonds is 5. The standard InChI is InChI=1S/C18H22N2O/c19-9-4-10-20(17-5-2-1-3-6-17)18(21)13-16-12-14-7-8-15(16)11-14/h1-3,5-6,14-16H,4,7-8,10-13H2. The summed E-state index contributed by atoms with van der Waals surface area (Å²) < 4.78 is 0. The van der Waals surface area contributed by atoms with E-state index in [1.165, 1.54) is 25.7 Å². The molecule has 1 amide bonds. The van der Waals surface area contributed by atoms with E-state index in [-0.39, 0.29) is 5.91 Å². The van der Waals surface area contributed by atoms with Crippen LogP contribution < -0.4 is 4.90 Å². The molecule has 0 aliphatic heterocycles. The summed E-state index contributed by atoms with van der Waals surface area (Å²) in [7, 11) is 0. The fourth-order valence-corrected chi connectivity index (χ4v) is 4.13. The fourth-order valence-electron chi connectivity index (χ4n) is 4.13. The van der Waals surface area contributed by atoms with Gasteiger partial charge in [-0.3, -0.25) is 4.79 Å². The first-order chi connectivity index (χ1) is 10.3. The van der Waals surface area contributed by atoms with Gasteiger partial charge in [0.25, 0.3) is 0 Å². The Morgan fingerprint density at radius 3 is 2.67 bits per heavy atom. The van der Waals surface area contributed by atoms with Gasteiger partial charge >= 0.3 is 0 Å². The molecule has 0 aromatic heterocycles. The average molecular weight is 282 g/mol. The maximum atomic E-state index is 12.7. The van der Waals surface area contributed by atoms with Gasteiger partial charge < -0.3 is 4.90 Å². The minimum absolute atomic E-state index is 0.189. The Hall–Kier alpha value is -1.82. The Labute approximate surface area is 126 Å². The maximum absolute atomic E-state index is 12.7. The van der Waals surface area contributed by atoms with E-state index in [2.05, 4.69) is 6.07 Å². The van der Waals surface area contributed by atoms with Gasteiger partial charge in [-0.05, 0) is 49.1 Å². The Bertz CT molecular complexity index is 534. The number of amides is 1. The molecular formula is C18H22N2O. The molecule has 2 aliphatic rings. The van der Waals surface area contributed by atoms with E-state index in [9.17, 15) is 4.79 Å². The molecular weight excluding hydrogens is 260 g/mol. The van der Waals surface area contributed by atoms with Gasteiger partial charge in [0.15, 0.2) is 0 Å². The van der Waals surface area contributed by atoms with E-state index in [1.54, 1.807) is 4.90 Å². The molecule has 2 saturated carbocycles. The predicted molar refractivity (Wildman–Crippen MR) is 82.6 cm³/mol. The smallest absolute Gasteiger partial charge is 0.227 e. The van der Waals surface area contributed by atoms with Crippen LogP contribution in [0.4, 0.5) is 5.69 Å². The molecule has 3 heteroatoms. The molecule has 0 spiro atoms. The number of anilines is 1. The fraction of sp³-hybridized carbons (Fsp3) is 0.556. The second kappa shape index (κ2) is 6.30. The molecule has 0 heterocycles. The molecule has 3 atom stereocenters. The van der Waals surface area contributed by atoms with Crippen LogP contribution in [-0.4, -0.2) is 12.5 Å².